The van der Waals surface area contributed by atoms with Gasteiger partial charge in [0.25, 0.3) is 0 Å². The SMILES string of the molecule is CC(O)(CNC(=O)C1C2CCCCC21)C(=O)O. The van der Waals surface area contributed by atoms with Crippen LogP contribution in [0.25, 0.3) is 0 Å². The third-order valence-electron chi connectivity index (χ3n) is 4.03. The number of fused-ring (bicyclic) bond motifs is 1. The maximum atomic E-state index is 11.8. The Morgan fingerprint density at radius 1 is 1.29 bits per heavy atom. The van der Waals surface area contributed by atoms with Crippen LogP contribution in [-0.2, 0) is 9.59 Å². The number of nitrogens with one attached hydrogen (secondary N) is 1. The van der Waals surface area contributed by atoms with E-state index in [0.717, 1.165) is 12.8 Å². The van der Waals surface area contributed by atoms with Gasteiger partial charge in [-0.05, 0) is 31.6 Å². The molecule has 17 heavy (non-hydrogen) atoms. The molecule has 0 radical (unpaired) electrons. The molecule has 0 aliphatic heterocycles. The summed E-state index contributed by atoms with van der Waals surface area (Å²) < 4.78 is 0. The van der Waals surface area contributed by atoms with Crippen molar-refractivity contribution in [3.8, 4) is 0 Å². The molecule has 0 aromatic rings. The summed E-state index contributed by atoms with van der Waals surface area (Å²) >= 11 is 0. The number of rotatable bonds is 4. The molecule has 1 amide bonds. The van der Waals surface area contributed by atoms with Crippen molar-refractivity contribution in [1.29, 1.82) is 0 Å². The Hall–Kier alpha value is -1.10. The van der Waals surface area contributed by atoms with E-state index in [1.165, 1.54) is 19.8 Å². The van der Waals surface area contributed by atoms with Crippen molar-refractivity contribution in [3.05, 3.63) is 0 Å². The van der Waals surface area contributed by atoms with Crippen LogP contribution in [0.15, 0.2) is 0 Å². The molecule has 0 aromatic carbocycles. The van der Waals surface area contributed by atoms with Gasteiger partial charge in [-0.25, -0.2) is 4.79 Å². The second-order valence-electron chi connectivity index (χ2n) is 5.43. The molecule has 2 saturated carbocycles. The zero-order chi connectivity index (χ0) is 12.6. The molecule has 2 aliphatic carbocycles. The zero-order valence-corrected chi connectivity index (χ0v) is 9.98. The number of hydrogen-bond donors (Lipinski definition) is 3. The highest BCUT2D eigenvalue weighted by Gasteiger charge is 2.54. The highest BCUT2D eigenvalue weighted by molar-refractivity contribution is 5.84. The average Bonchev–Trinajstić information content (AvgIpc) is 3.00. The number of carbonyl (C=O) groups excluding carboxylic acids is 1. The van der Waals surface area contributed by atoms with Gasteiger partial charge < -0.3 is 15.5 Å². The summed E-state index contributed by atoms with van der Waals surface area (Å²) in [5.74, 6) is -0.353. The Labute approximate surface area is 100 Å². The Morgan fingerprint density at radius 3 is 2.29 bits per heavy atom. The van der Waals surface area contributed by atoms with Gasteiger partial charge >= 0.3 is 5.97 Å². The summed E-state index contributed by atoms with van der Waals surface area (Å²) in [6, 6.07) is 0. The third-order valence-corrected chi connectivity index (χ3v) is 4.03. The fourth-order valence-electron chi connectivity index (χ4n) is 2.83. The lowest BCUT2D eigenvalue weighted by atomic mass is 10.0. The van der Waals surface area contributed by atoms with E-state index in [0.29, 0.717) is 11.8 Å². The Bertz CT molecular complexity index is 327. The minimum atomic E-state index is -1.88. The summed E-state index contributed by atoms with van der Waals surface area (Å²) in [6.45, 7) is 0.965. The molecular formula is C12H19NO4. The van der Waals surface area contributed by atoms with Gasteiger partial charge in [-0.2, -0.15) is 0 Å². The second-order valence-corrected chi connectivity index (χ2v) is 5.43. The normalized spacial score (nSPS) is 34.4. The minimum Gasteiger partial charge on any atom is -0.479 e. The van der Waals surface area contributed by atoms with E-state index in [2.05, 4.69) is 5.32 Å². The van der Waals surface area contributed by atoms with E-state index in [4.69, 9.17) is 5.11 Å². The summed E-state index contributed by atoms with van der Waals surface area (Å²) in [6.07, 6.45) is 4.60. The molecule has 0 heterocycles. The lowest BCUT2D eigenvalue weighted by Crippen LogP contribution is -2.47. The Morgan fingerprint density at radius 2 is 1.82 bits per heavy atom. The first-order valence-electron chi connectivity index (χ1n) is 6.17. The monoisotopic (exact) mass is 241 g/mol. The summed E-state index contributed by atoms with van der Waals surface area (Å²) in [7, 11) is 0. The highest BCUT2D eigenvalue weighted by atomic mass is 16.4. The number of carboxylic acid groups (broad SMARTS) is 1. The molecule has 0 aromatic heterocycles. The zero-order valence-electron chi connectivity index (χ0n) is 9.98. The van der Waals surface area contributed by atoms with Crippen LogP contribution in [0.1, 0.15) is 32.6 Å². The molecular weight excluding hydrogens is 222 g/mol. The molecule has 96 valence electrons. The van der Waals surface area contributed by atoms with Crippen molar-refractivity contribution in [2.24, 2.45) is 17.8 Å². The van der Waals surface area contributed by atoms with E-state index in [1.807, 2.05) is 0 Å². The molecule has 2 aliphatic rings. The van der Waals surface area contributed by atoms with Crippen molar-refractivity contribution < 1.29 is 19.8 Å². The second kappa shape index (κ2) is 4.29. The largest absolute Gasteiger partial charge is 0.479 e. The predicted molar refractivity (Wildman–Crippen MR) is 60.2 cm³/mol. The molecule has 3 N–H and O–H groups in total. The average molecular weight is 241 g/mol. The number of aliphatic hydroxyl groups is 1. The van der Waals surface area contributed by atoms with E-state index in [-0.39, 0.29) is 18.4 Å². The maximum absolute atomic E-state index is 11.8. The standard InChI is InChI=1S/C12H19NO4/c1-12(17,11(15)16)6-13-10(14)9-7-4-2-3-5-8(7)9/h7-9,17H,2-6H2,1H3,(H,13,14)(H,15,16). The highest BCUT2D eigenvalue weighted by Crippen LogP contribution is 2.55. The van der Waals surface area contributed by atoms with Crippen LogP contribution in [0.5, 0.6) is 0 Å². The fourth-order valence-corrected chi connectivity index (χ4v) is 2.83. The van der Waals surface area contributed by atoms with Crippen LogP contribution in [0.3, 0.4) is 0 Å². The third kappa shape index (κ3) is 2.44. The van der Waals surface area contributed by atoms with Gasteiger partial charge in [-0.15, -0.1) is 0 Å². The van der Waals surface area contributed by atoms with Gasteiger partial charge in [0.1, 0.15) is 0 Å². The molecule has 3 unspecified atom stereocenters. The van der Waals surface area contributed by atoms with Crippen LogP contribution >= 0.6 is 0 Å². The van der Waals surface area contributed by atoms with Gasteiger partial charge in [-0.1, -0.05) is 12.8 Å². The van der Waals surface area contributed by atoms with E-state index < -0.39 is 11.6 Å². The molecule has 0 spiro atoms. The van der Waals surface area contributed by atoms with Crippen molar-refractivity contribution in [2.45, 2.75) is 38.2 Å². The van der Waals surface area contributed by atoms with Crippen molar-refractivity contribution >= 4 is 11.9 Å². The minimum absolute atomic E-state index is 0.0575. The van der Waals surface area contributed by atoms with E-state index in [1.54, 1.807) is 0 Å². The maximum Gasteiger partial charge on any atom is 0.337 e. The number of aliphatic carboxylic acids is 1. The van der Waals surface area contributed by atoms with Crippen LogP contribution in [0.2, 0.25) is 0 Å². The molecule has 2 fully saturated rings. The van der Waals surface area contributed by atoms with Crippen LogP contribution in [0, 0.1) is 17.8 Å². The van der Waals surface area contributed by atoms with E-state index in [9.17, 15) is 14.7 Å². The van der Waals surface area contributed by atoms with Gasteiger partial charge in [0.15, 0.2) is 5.60 Å². The molecule has 5 nitrogen and oxygen atoms in total. The summed E-state index contributed by atoms with van der Waals surface area (Å²) in [4.78, 5) is 22.5. The first-order chi connectivity index (χ1) is 7.93. The van der Waals surface area contributed by atoms with Crippen molar-refractivity contribution in [1.82, 2.24) is 5.32 Å². The topological polar surface area (TPSA) is 86.6 Å². The lowest BCUT2D eigenvalue weighted by Gasteiger charge is -2.18. The number of amides is 1. The van der Waals surface area contributed by atoms with Gasteiger partial charge in [0.2, 0.25) is 5.91 Å². The van der Waals surface area contributed by atoms with Crippen LogP contribution in [0.4, 0.5) is 0 Å². The Kier molecular flexibility index (Phi) is 3.12. The quantitative estimate of drug-likeness (QED) is 0.664. The molecule has 2 rings (SSSR count). The van der Waals surface area contributed by atoms with Crippen LogP contribution in [-0.4, -0.2) is 34.2 Å². The lowest BCUT2D eigenvalue weighted by molar-refractivity contribution is -0.156. The van der Waals surface area contributed by atoms with Crippen molar-refractivity contribution in [2.75, 3.05) is 6.54 Å². The van der Waals surface area contributed by atoms with Gasteiger partial charge in [0.05, 0.1) is 6.54 Å². The molecule has 3 atom stereocenters. The van der Waals surface area contributed by atoms with Gasteiger partial charge in [0, 0.05) is 5.92 Å². The summed E-state index contributed by atoms with van der Waals surface area (Å²) in [5, 5.41) is 20.8. The predicted octanol–water partition coefficient (Wildman–Crippen LogP) is 0.374. The first-order valence-corrected chi connectivity index (χ1v) is 6.17. The smallest absolute Gasteiger partial charge is 0.337 e. The first kappa shape index (κ1) is 12.4. The molecule has 0 bridgehead atoms. The number of carboxylic acids is 1. The number of hydrogen-bond acceptors (Lipinski definition) is 3. The fraction of sp³-hybridized carbons (Fsp3) is 0.833. The summed E-state index contributed by atoms with van der Waals surface area (Å²) in [5.41, 5.74) is -1.88. The Balaban J connectivity index is 1.81. The van der Waals surface area contributed by atoms with Crippen LogP contribution < -0.4 is 5.32 Å². The molecule has 0 saturated heterocycles. The van der Waals surface area contributed by atoms with Crippen molar-refractivity contribution in [3.63, 3.8) is 0 Å². The van der Waals surface area contributed by atoms with Gasteiger partial charge in [-0.3, -0.25) is 4.79 Å². The molecule has 5 heteroatoms. The van der Waals surface area contributed by atoms with E-state index >= 15 is 0 Å². The number of carbonyl (C=O) groups is 2.